The molecule has 0 amide bonds. The third-order valence-electron chi connectivity index (χ3n) is 2.29. The van der Waals surface area contributed by atoms with Crippen LogP contribution in [0.2, 0.25) is 0 Å². The van der Waals surface area contributed by atoms with E-state index in [0.29, 0.717) is 0 Å². The van der Waals surface area contributed by atoms with Crippen molar-refractivity contribution in [2.24, 2.45) is 0 Å². The van der Waals surface area contributed by atoms with Gasteiger partial charge in [0.25, 0.3) is 0 Å². The first-order valence-electron chi connectivity index (χ1n) is 4.89. The van der Waals surface area contributed by atoms with Gasteiger partial charge in [-0.3, -0.25) is 0 Å². The van der Waals surface area contributed by atoms with Crippen molar-refractivity contribution >= 4 is 21.9 Å². The van der Waals surface area contributed by atoms with Gasteiger partial charge in [-0.25, -0.2) is 9.48 Å². The molecule has 0 spiro atoms. The van der Waals surface area contributed by atoms with E-state index < -0.39 is 5.97 Å². The Morgan fingerprint density at radius 3 is 2.88 bits per heavy atom. The molecule has 0 N–H and O–H groups in total. The fraction of sp³-hybridized carbons (Fsp3) is 0.182. The first kappa shape index (κ1) is 11.8. The molecule has 0 atom stereocenters. The van der Waals surface area contributed by atoms with Crippen LogP contribution in [0.4, 0.5) is 0 Å². The minimum absolute atomic E-state index is 0.190. The standard InChI is InChI=1S/C11H10BrN3O2/c1-7-5-8(12)3-4-10(7)15-6-9(13-14-15)11(16)17-2/h3-6H,1-2H3. The van der Waals surface area contributed by atoms with Gasteiger partial charge in [0.1, 0.15) is 0 Å². The lowest BCUT2D eigenvalue weighted by Gasteiger charge is -2.04. The Labute approximate surface area is 107 Å². The average Bonchev–Trinajstić information content (AvgIpc) is 2.77. The van der Waals surface area contributed by atoms with Crippen molar-refractivity contribution in [3.05, 3.63) is 40.1 Å². The second-order valence-electron chi connectivity index (χ2n) is 3.47. The number of nitrogens with zero attached hydrogens (tertiary/aromatic N) is 3. The van der Waals surface area contributed by atoms with Crippen molar-refractivity contribution in [1.82, 2.24) is 15.0 Å². The quantitative estimate of drug-likeness (QED) is 0.797. The van der Waals surface area contributed by atoms with Crippen LogP contribution in [0.1, 0.15) is 16.1 Å². The Morgan fingerprint density at radius 1 is 1.47 bits per heavy atom. The number of benzene rings is 1. The van der Waals surface area contributed by atoms with Gasteiger partial charge in [-0.15, -0.1) is 5.10 Å². The summed E-state index contributed by atoms with van der Waals surface area (Å²) < 4.78 is 7.11. The molecule has 1 aromatic heterocycles. The zero-order valence-electron chi connectivity index (χ0n) is 9.35. The summed E-state index contributed by atoms with van der Waals surface area (Å²) in [6.45, 7) is 1.96. The molecule has 2 aromatic rings. The summed E-state index contributed by atoms with van der Waals surface area (Å²) in [7, 11) is 1.31. The molecule has 0 aliphatic carbocycles. The van der Waals surface area contributed by atoms with Crippen molar-refractivity contribution < 1.29 is 9.53 Å². The molecule has 0 fully saturated rings. The highest BCUT2D eigenvalue weighted by molar-refractivity contribution is 9.10. The Morgan fingerprint density at radius 2 is 2.24 bits per heavy atom. The fourth-order valence-electron chi connectivity index (χ4n) is 1.46. The molecule has 0 saturated heterocycles. The smallest absolute Gasteiger partial charge is 0.360 e. The lowest BCUT2D eigenvalue weighted by molar-refractivity contribution is 0.0594. The number of ether oxygens (including phenoxy) is 1. The highest BCUT2D eigenvalue weighted by Crippen LogP contribution is 2.18. The van der Waals surface area contributed by atoms with Gasteiger partial charge in [0, 0.05) is 4.47 Å². The number of aryl methyl sites for hydroxylation is 1. The summed E-state index contributed by atoms with van der Waals surface area (Å²) >= 11 is 3.39. The SMILES string of the molecule is COC(=O)c1cn(-c2ccc(Br)cc2C)nn1. The number of rotatable bonds is 2. The molecule has 0 aliphatic rings. The van der Waals surface area contributed by atoms with Crippen LogP contribution >= 0.6 is 15.9 Å². The molecular weight excluding hydrogens is 286 g/mol. The molecule has 17 heavy (non-hydrogen) atoms. The minimum Gasteiger partial charge on any atom is -0.464 e. The number of halogens is 1. The lowest BCUT2D eigenvalue weighted by atomic mass is 10.2. The summed E-state index contributed by atoms with van der Waals surface area (Å²) in [5.74, 6) is -0.494. The number of hydrogen-bond donors (Lipinski definition) is 0. The Bertz CT molecular complexity index is 566. The van der Waals surface area contributed by atoms with Crippen LogP contribution in [0.5, 0.6) is 0 Å². The largest absolute Gasteiger partial charge is 0.464 e. The molecule has 0 aliphatic heterocycles. The average molecular weight is 296 g/mol. The van der Waals surface area contributed by atoms with Crippen molar-refractivity contribution in [1.29, 1.82) is 0 Å². The number of carbonyl (C=O) groups is 1. The molecule has 88 valence electrons. The fourth-order valence-corrected chi connectivity index (χ4v) is 1.93. The van der Waals surface area contributed by atoms with Gasteiger partial charge in [0.2, 0.25) is 0 Å². The van der Waals surface area contributed by atoms with Gasteiger partial charge in [0.15, 0.2) is 5.69 Å². The lowest BCUT2D eigenvalue weighted by Crippen LogP contribution is -2.01. The van der Waals surface area contributed by atoms with Gasteiger partial charge < -0.3 is 4.74 Å². The second-order valence-corrected chi connectivity index (χ2v) is 4.39. The molecule has 1 aromatic carbocycles. The monoisotopic (exact) mass is 295 g/mol. The van der Waals surface area contributed by atoms with E-state index in [1.807, 2.05) is 25.1 Å². The molecule has 1 heterocycles. The van der Waals surface area contributed by atoms with Gasteiger partial charge in [-0.2, -0.15) is 0 Å². The number of carbonyl (C=O) groups excluding carboxylic acids is 1. The van der Waals surface area contributed by atoms with E-state index in [0.717, 1.165) is 15.7 Å². The molecule has 2 rings (SSSR count). The summed E-state index contributed by atoms with van der Waals surface area (Å²) in [6.07, 6.45) is 1.54. The number of esters is 1. The van der Waals surface area contributed by atoms with Gasteiger partial charge in [-0.1, -0.05) is 21.1 Å². The predicted molar refractivity (Wildman–Crippen MR) is 65.1 cm³/mol. The number of aromatic nitrogens is 3. The molecule has 5 nitrogen and oxygen atoms in total. The van der Waals surface area contributed by atoms with Crippen molar-refractivity contribution in [2.45, 2.75) is 6.92 Å². The van der Waals surface area contributed by atoms with Crippen molar-refractivity contribution in [2.75, 3.05) is 7.11 Å². The first-order chi connectivity index (χ1) is 8.11. The molecule has 0 saturated carbocycles. The molecular formula is C11H10BrN3O2. The van der Waals surface area contributed by atoms with E-state index in [4.69, 9.17) is 0 Å². The molecule has 6 heteroatoms. The number of methoxy groups -OCH3 is 1. The predicted octanol–water partition coefficient (Wildman–Crippen LogP) is 2.12. The first-order valence-corrected chi connectivity index (χ1v) is 5.68. The van der Waals surface area contributed by atoms with Crippen molar-refractivity contribution in [3.63, 3.8) is 0 Å². The van der Waals surface area contributed by atoms with E-state index in [-0.39, 0.29) is 5.69 Å². The maximum atomic E-state index is 11.3. The minimum atomic E-state index is -0.494. The van der Waals surface area contributed by atoms with Crippen LogP contribution < -0.4 is 0 Å². The molecule has 0 radical (unpaired) electrons. The van der Waals surface area contributed by atoms with Gasteiger partial charge >= 0.3 is 5.97 Å². The summed E-state index contributed by atoms with van der Waals surface area (Å²) in [6, 6.07) is 5.77. The molecule has 0 unspecified atom stereocenters. The number of hydrogen-bond acceptors (Lipinski definition) is 4. The van der Waals surface area contributed by atoms with Gasteiger partial charge in [0.05, 0.1) is 19.0 Å². The second kappa shape index (κ2) is 4.67. The van der Waals surface area contributed by atoms with Crippen LogP contribution in [0, 0.1) is 6.92 Å². The van der Waals surface area contributed by atoms with E-state index in [9.17, 15) is 4.79 Å². The summed E-state index contributed by atoms with van der Waals surface area (Å²) in [5, 5.41) is 7.65. The third-order valence-corrected chi connectivity index (χ3v) is 2.79. The zero-order chi connectivity index (χ0) is 12.4. The van der Waals surface area contributed by atoms with E-state index in [1.54, 1.807) is 10.9 Å². The maximum absolute atomic E-state index is 11.3. The van der Waals surface area contributed by atoms with Crippen LogP contribution in [0.25, 0.3) is 5.69 Å². The van der Waals surface area contributed by atoms with Crippen LogP contribution in [-0.2, 0) is 4.74 Å². The van der Waals surface area contributed by atoms with Crippen molar-refractivity contribution in [3.8, 4) is 5.69 Å². The normalized spacial score (nSPS) is 10.3. The summed E-state index contributed by atoms with van der Waals surface area (Å²) in [5.41, 5.74) is 2.09. The topological polar surface area (TPSA) is 57.0 Å². The van der Waals surface area contributed by atoms with E-state index in [2.05, 4.69) is 31.0 Å². The van der Waals surface area contributed by atoms with Gasteiger partial charge in [-0.05, 0) is 30.7 Å². The van der Waals surface area contributed by atoms with Crippen LogP contribution in [-0.4, -0.2) is 28.1 Å². The third kappa shape index (κ3) is 2.36. The van der Waals surface area contributed by atoms with E-state index >= 15 is 0 Å². The Balaban J connectivity index is 2.40. The van der Waals surface area contributed by atoms with E-state index in [1.165, 1.54) is 7.11 Å². The summed E-state index contributed by atoms with van der Waals surface area (Å²) in [4.78, 5) is 11.3. The zero-order valence-corrected chi connectivity index (χ0v) is 10.9. The highest BCUT2D eigenvalue weighted by Gasteiger charge is 2.12. The molecule has 0 bridgehead atoms. The maximum Gasteiger partial charge on any atom is 0.360 e. The van der Waals surface area contributed by atoms with Crippen LogP contribution in [0.3, 0.4) is 0 Å². The Hall–Kier alpha value is -1.69. The highest BCUT2D eigenvalue weighted by atomic mass is 79.9. The van der Waals surface area contributed by atoms with Crippen LogP contribution in [0.15, 0.2) is 28.9 Å². The Kier molecular flexibility index (Phi) is 3.23.